The Hall–Kier alpha value is -2.41. The SMILES string of the molecule is N=C(N)c1cnc2ccccc2c1Sc1ncn[nH]1. The van der Waals surface area contributed by atoms with Gasteiger partial charge >= 0.3 is 0 Å². The van der Waals surface area contributed by atoms with Crippen LogP contribution in [-0.2, 0) is 0 Å². The van der Waals surface area contributed by atoms with Crippen molar-refractivity contribution in [1.82, 2.24) is 20.2 Å². The lowest BCUT2D eigenvalue weighted by atomic mass is 10.1. The van der Waals surface area contributed by atoms with Crippen LogP contribution in [-0.4, -0.2) is 26.0 Å². The molecule has 3 aromatic rings. The van der Waals surface area contributed by atoms with Crippen molar-refractivity contribution in [3.63, 3.8) is 0 Å². The standard InChI is InChI=1S/C12H10N6S/c13-11(14)8-5-15-9-4-2-1-3-7(9)10(8)19-12-16-6-17-18-12/h1-6H,(H3,13,14)(H,16,17,18). The Labute approximate surface area is 113 Å². The molecule has 0 fully saturated rings. The van der Waals surface area contributed by atoms with Crippen LogP contribution in [0.4, 0.5) is 0 Å². The fourth-order valence-electron chi connectivity index (χ4n) is 1.76. The molecule has 0 atom stereocenters. The van der Waals surface area contributed by atoms with Gasteiger partial charge in [-0.3, -0.25) is 15.5 Å². The quantitative estimate of drug-likeness (QED) is 0.497. The number of hydrogen-bond donors (Lipinski definition) is 3. The Morgan fingerprint density at radius 2 is 2.11 bits per heavy atom. The van der Waals surface area contributed by atoms with Gasteiger partial charge < -0.3 is 5.73 Å². The first kappa shape index (κ1) is 11.7. The average molecular weight is 270 g/mol. The molecule has 94 valence electrons. The van der Waals surface area contributed by atoms with Crippen LogP contribution >= 0.6 is 11.8 Å². The summed E-state index contributed by atoms with van der Waals surface area (Å²) < 4.78 is 0. The smallest absolute Gasteiger partial charge is 0.188 e. The van der Waals surface area contributed by atoms with Crippen molar-refractivity contribution >= 4 is 28.5 Å². The van der Waals surface area contributed by atoms with Gasteiger partial charge in [-0.15, -0.1) is 0 Å². The minimum atomic E-state index is -0.0136. The third-order valence-corrected chi connectivity index (χ3v) is 3.64. The summed E-state index contributed by atoms with van der Waals surface area (Å²) in [7, 11) is 0. The summed E-state index contributed by atoms with van der Waals surface area (Å²) in [6.45, 7) is 0. The molecule has 4 N–H and O–H groups in total. The van der Waals surface area contributed by atoms with Crippen molar-refractivity contribution in [2.24, 2.45) is 5.73 Å². The number of aromatic nitrogens is 4. The molecule has 0 unspecified atom stereocenters. The molecule has 2 heterocycles. The van der Waals surface area contributed by atoms with E-state index in [4.69, 9.17) is 11.1 Å². The van der Waals surface area contributed by atoms with Gasteiger partial charge in [-0.1, -0.05) is 18.2 Å². The molecule has 0 aliphatic carbocycles. The highest BCUT2D eigenvalue weighted by molar-refractivity contribution is 7.99. The van der Waals surface area contributed by atoms with E-state index in [0.717, 1.165) is 15.8 Å². The zero-order valence-electron chi connectivity index (χ0n) is 9.79. The number of para-hydroxylation sites is 1. The Balaban J connectivity index is 2.22. The predicted octanol–water partition coefficient (Wildman–Crippen LogP) is 1.79. The fourth-order valence-corrected chi connectivity index (χ4v) is 2.70. The summed E-state index contributed by atoms with van der Waals surface area (Å²) in [5.74, 6) is -0.0136. The first-order chi connectivity index (χ1) is 9.25. The van der Waals surface area contributed by atoms with Gasteiger partial charge in [-0.05, 0) is 17.8 Å². The number of nitrogens with zero attached hydrogens (tertiary/aromatic N) is 3. The van der Waals surface area contributed by atoms with Crippen molar-refractivity contribution in [2.45, 2.75) is 10.1 Å². The van der Waals surface area contributed by atoms with E-state index < -0.39 is 0 Å². The number of aromatic amines is 1. The molecule has 0 spiro atoms. The molecule has 0 amide bonds. The largest absolute Gasteiger partial charge is 0.384 e. The summed E-state index contributed by atoms with van der Waals surface area (Å²) in [5, 5.41) is 15.9. The molecule has 3 rings (SSSR count). The van der Waals surface area contributed by atoms with Crippen molar-refractivity contribution in [3.8, 4) is 0 Å². The van der Waals surface area contributed by atoms with Gasteiger partial charge in [0, 0.05) is 22.0 Å². The van der Waals surface area contributed by atoms with Gasteiger partial charge in [-0.25, -0.2) is 4.98 Å². The third-order valence-electron chi connectivity index (χ3n) is 2.61. The van der Waals surface area contributed by atoms with Gasteiger partial charge in [0.2, 0.25) is 0 Å². The topological polar surface area (TPSA) is 104 Å². The number of fused-ring (bicyclic) bond motifs is 1. The lowest BCUT2D eigenvalue weighted by Gasteiger charge is -2.09. The van der Waals surface area contributed by atoms with Gasteiger partial charge in [0.05, 0.1) is 5.52 Å². The minimum Gasteiger partial charge on any atom is -0.384 e. The summed E-state index contributed by atoms with van der Waals surface area (Å²) in [6.07, 6.45) is 3.06. The van der Waals surface area contributed by atoms with Crippen LogP contribution in [0.25, 0.3) is 10.9 Å². The number of rotatable bonds is 3. The summed E-state index contributed by atoms with van der Waals surface area (Å²) >= 11 is 1.39. The van der Waals surface area contributed by atoms with Gasteiger partial charge in [-0.2, -0.15) is 5.10 Å². The van der Waals surface area contributed by atoms with Crippen LogP contribution < -0.4 is 5.73 Å². The molecule has 0 aliphatic heterocycles. The van der Waals surface area contributed by atoms with E-state index in [1.807, 2.05) is 24.3 Å². The summed E-state index contributed by atoms with van der Waals surface area (Å²) in [6, 6.07) is 7.72. The van der Waals surface area contributed by atoms with Crippen LogP contribution in [0.2, 0.25) is 0 Å². The number of amidine groups is 1. The van der Waals surface area contributed by atoms with Crippen molar-refractivity contribution < 1.29 is 0 Å². The van der Waals surface area contributed by atoms with Crippen LogP contribution in [0, 0.1) is 5.41 Å². The number of nitrogen functional groups attached to an aromatic ring is 1. The summed E-state index contributed by atoms with van der Waals surface area (Å²) in [4.78, 5) is 9.25. The van der Waals surface area contributed by atoms with Crippen LogP contribution in [0.15, 0.2) is 46.8 Å². The number of pyridine rings is 1. The first-order valence-electron chi connectivity index (χ1n) is 5.51. The first-order valence-corrected chi connectivity index (χ1v) is 6.32. The maximum absolute atomic E-state index is 7.66. The van der Waals surface area contributed by atoms with E-state index in [-0.39, 0.29) is 5.84 Å². The Morgan fingerprint density at radius 3 is 2.84 bits per heavy atom. The highest BCUT2D eigenvalue weighted by atomic mass is 32.2. The molecule has 1 aromatic carbocycles. The molecule has 2 aromatic heterocycles. The monoisotopic (exact) mass is 270 g/mol. The van der Waals surface area contributed by atoms with Crippen LogP contribution in [0.1, 0.15) is 5.56 Å². The van der Waals surface area contributed by atoms with Gasteiger partial charge in [0.1, 0.15) is 12.2 Å². The highest BCUT2D eigenvalue weighted by Crippen LogP contribution is 2.33. The number of benzene rings is 1. The van der Waals surface area contributed by atoms with Crippen LogP contribution in [0.3, 0.4) is 0 Å². The number of nitrogens with two attached hydrogens (primary N) is 1. The molecule has 19 heavy (non-hydrogen) atoms. The number of H-pyrrole nitrogens is 1. The Kier molecular flexibility index (Phi) is 2.88. The van der Waals surface area contributed by atoms with Gasteiger partial charge in [0.15, 0.2) is 5.16 Å². The van der Waals surface area contributed by atoms with Crippen molar-refractivity contribution in [3.05, 3.63) is 42.4 Å². The zero-order valence-corrected chi connectivity index (χ0v) is 10.6. The van der Waals surface area contributed by atoms with Gasteiger partial charge in [0.25, 0.3) is 0 Å². The number of hydrogen-bond acceptors (Lipinski definition) is 5. The third kappa shape index (κ3) is 2.15. The zero-order chi connectivity index (χ0) is 13.2. The normalized spacial score (nSPS) is 10.7. The molecular weight excluding hydrogens is 260 g/mol. The average Bonchev–Trinajstić information content (AvgIpc) is 2.92. The maximum atomic E-state index is 7.66. The predicted molar refractivity (Wildman–Crippen MR) is 73.3 cm³/mol. The fraction of sp³-hybridized carbons (Fsp3) is 0. The molecule has 0 radical (unpaired) electrons. The maximum Gasteiger partial charge on any atom is 0.188 e. The second kappa shape index (κ2) is 4.69. The summed E-state index contributed by atoms with van der Waals surface area (Å²) in [5.41, 5.74) is 7.07. The second-order valence-electron chi connectivity index (χ2n) is 3.82. The van der Waals surface area contributed by atoms with Crippen molar-refractivity contribution in [1.29, 1.82) is 5.41 Å². The minimum absolute atomic E-state index is 0.0136. The molecular formula is C12H10N6S. The highest BCUT2D eigenvalue weighted by Gasteiger charge is 2.13. The Morgan fingerprint density at radius 1 is 1.26 bits per heavy atom. The van der Waals surface area contributed by atoms with E-state index in [0.29, 0.717) is 10.7 Å². The molecule has 0 aliphatic rings. The van der Waals surface area contributed by atoms with E-state index in [9.17, 15) is 0 Å². The number of nitrogens with one attached hydrogen (secondary N) is 2. The molecule has 7 heteroatoms. The second-order valence-corrected chi connectivity index (χ2v) is 4.82. The van der Waals surface area contributed by atoms with E-state index >= 15 is 0 Å². The molecule has 6 nitrogen and oxygen atoms in total. The lowest BCUT2D eigenvalue weighted by Crippen LogP contribution is -2.13. The van der Waals surface area contributed by atoms with Crippen molar-refractivity contribution in [2.75, 3.05) is 0 Å². The lowest BCUT2D eigenvalue weighted by molar-refractivity contribution is 0.973. The molecule has 0 saturated heterocycles. The van der Waals surface area contributed by atoms with E-state index in [1.54, 1.807) is 6.20 Å². The van der Waals surface area contributed by atoms with E-state index in [1.165, 1.54) is 18.1 Å². The van der Waals surface area contributed by atoms with Crippen LogP contribution in [0.5, 0.6) is 0 Å². The molecule has 0 bridgehead atoms. The Bertz CT molecular complexity index is 737. The molecule has 0 saturated carbocycles. The van der Waals surface area contributed by atoms with E-state index in [2.05, 4.69) is 20.2 Å².